The Bertz CT molecular complexity index is 490. The maximum absolute atomic E-state index is 12.2. The molecule has 0 aromatic heterocycles. The summed E-state index contributed by atoms with van der Waals surface area (Å²) >= 11 is 1.85. The number of hydrogen-bond acceptors (Lipinski definition) is 4. The van der Waals surface area contributed by atoms with E-state index in [4.69, 9.17) is 0 Å². The largest absolute Gasteiger partial charge is 0.387 e. The first-order chi connectivity index (χ1) is 9.61. The number of thioether (sulfide) groups is 1. The highest BCUT2D eigenvalue weighted by molar-refractivity contribution is 7.98. The number of anilines is 1. The van der Waals surface area contributed by atoms with Crippen molar-refractivity contribution in [2.75, 3.05) is 30.9 Å². The van der Waals surface area contributed by atoms with E-state index in [2.05, 4.69) is 16.3 Å². The molecule has 0 unspecified atom stereocenters. The quantitative estimate of drug-likeness (QED) is 0.652. The van der Waals surface area contributed by atoms with Gasteiger partial charge in [0.25, 0.3) is 0 Å². The molecule has 0 aliphatic heterocycles. The third kappa shape index (κ3) is 5.73. The lowest BCUT2D eigenvalue weighted by Crippen LogP contribution is -2.25. The van der Waals surface area contributed by atoms with Crippen LogP contribution in [0.3, 0.4) is 0 Å². The average Bonchev–Trinajstić information content (AvgIpc) is 2.46. The lowest BCUT2D eigenvalue weighted by atomic mass is 10.2. The van der Waals surface area contributed by atoms with Gasteiger partial charge in [0.05, 0.1) is 5.69 Å². The maximum atomic E-state index is 12.2. The van der Waals surface area contributed by atoms with Gasteiger partial charge in [-0.1, -0.05) is 25.0 Å². The van der Waals surface area contributed by atoms with Crippen molar-refractivity contribution >= 4 is 27.5 Å². The maximum Gasteiger partial charge on any atom is 0.242 e. The van der Waals surface area contributed by atoms with E-state index in [0.717, 1.165) is 19.3 Å². The smallest absolute Gasteiger partial charge is 0.242 e. The number of rotatable bonds is 10. The molecule has 114 valence electrons. The fraction of sp³-hybridized carbons (Fsp3) is 0.571. The Balaban J connectivity index is 2.42. The molecule has 0 saturated heterocycles. The van der Waals surface area contributed by atoms with Gasteiger partial charge in [-0.25, -0.2) is 13.1 Å². The molecule has 0 aliphatic rings. The Kier molecular flexibility index (Phi) is 8.02. The summed E-state index contributed by atoms with van der Waals surface area (Å²) in [6.45, 7) is 0.500. The molecular weight excluding hydrogens is 292 g/mol. The number of benzene rings is 1. The minimum atomic E-state index is -3.42. The number of unbranched alkanes of at least 4 members (excludes halogenated alkanes) is 3. The van der Waals surface area contributed by atoms with Gasteiger partial charge in [0.15, 0.2) is 0 Å². The van der Waals surface area contributed by atoms with E-state index >= 15 is 0 Å². The predicted octanol–water partition coefficient (Wildman–Crippen LogP) is 2.93. The van der Waals surface area contributed by atoms with Gasteiger partial charge < -0.3 is 5.32 Å². The van der Waals surface area contributed by atoms with E-state index in [0.29, 0.717) is 17.1 Å². The van der Waals surface area contributed by atoms with Gasteiger partial charge in [0.2, 0.25) is 10.0 Å². The van der Waals surface area contributed by atoms with Crippen LogP contribution < -0.4 is 10.0 Å². The Morgan fingerprint density at radius 3 is 2.50 bits per heavy atom. The molecule has 6 heteroatoms. The second-order valence-corrected chi connectivity index (χ2v) is 7.27. The van der Waals surface area contributed by atoms with E-state index in [1.165, 1.54) is 12.2 Å². The number of sulfonamides is 1. The molecule has 0 bridgehead atoms. The van der Waals surface area contributed by atoms with Gasteiger partial charge in [0, 0.05) is 13.6 Å². The molecule has 0 fully saturated rings. The van der Waals surface area contributed by atoms with Crippen LogP contribution >= 0.6 is 11.8 Å². The van der Waals surface area contributed by atoms with Crippen molar-refractivity contribution in [3.8, 4) is 0 Å². The highest BCUT2D eigenvalue weighted by Gasteiger charge is 2.16. The van der Waals surface area contributed by atoms with E-state index in [9.17, 15) is 8.42 Å². The van der Waals surface area contributed by atoms with Crippen molar-refractivity contribution in [3.05, 3.63) is 24.3 Å². The second-order valence-electron chi connectivity index (χ2n) is 4.55. The van der Waals surface area contributed by atoms with Gasteiger partial charge in [-0.3, -0.25) is 0 Å². The topological polar surface area (TPSA) is 58.2 Å². The Hall–Kier alpha value is -0.720. The molecule has 0 aliphatic carbocycles. The summed E-state index contributed by atoms with van der Waals surface area (Å²) in [5, 5.41) is 2.90. The summed E-state index contributed by atoms with van der Waals surface area (Å²) in [6, 6.07) is 6.93. The van der Waals surface area contributed by atoms with Gasteiger partial charge in [-0.05, 0) is 37.0 Å². The number of nitrogens with one attached hydrogen (secondary N) is 2. The first-order valence-corrected chi connectivity index (χ1v) is 9.75. The summed E-state index contributed by atoms with van der Waals surface area (Å²) in [6.07, 6.45) is 6.42. The zero-order valence-corrected chi connectivity index (χ0v) is 13.8. The Morgan fingerprint density at radius 2 is 1.80 bits per heavy atom. The first kappa shape index (κ1) is 17.3. The molecule has 0 radical (unpaired) electrons. The second kappa shape index (κ2) is 9.26. The molecule has 2 N–H and O–H groups in total. The highest BCUT2D eigenvalue weighted by Crippen LogP contribution is 2.19. The molecule has 0 atom stereocenters. The molecule has 20 heavy (non-hydrogen) atoms. The minimum absolute atomic E-state index is 0.310. The minimum Gasteiger partial charge on any atom is -0.387 e. The molecule has 0 heterocycles. The van der Waals surface area contributed by atoms with Crippen molar-refractivity contribution in [1.29, 1.82) is 0 Å². The van der Waals surface area contributed by atoms with Gasteiger partial charge in [-0.2, -0.15) is 11.8 Å². The molecule has 1 aromatic carbocycles. The predicted molar refractivity (Wildman–Crippen MR) is 88.0 cm³/mol. The number of para-hydroxylation sites is 1. The van der Waals surface area contributed by atoms with Gasteiger partial charge in [-0.15, -0.1) is 0 Å². The molecule has 0 saturated carbocycles. The molecule has 0 spiro atoms. The van der Waals surface area contributed by atoms with Crippen LogP contribution in [0.2, 0.25) is 0 Å². The van der Waals surface area contributed by atoms with Crippen molar-refractivity contribution in [2.45, 2.75) is 30.6 Å². The summed E-state index contributed by atoms with van der Waals surface area (Å²) in [4.78, 5) is 0.310. The Labute approximate surface area is 126 Å². The lowest BCUT2D eigenvalue weighted by molar-refractivity contribution is 0.574. The third-order valence-corrected chi connectivity index (χ3v) is 5.23. The Morgan fingerprint density at radius 1 is 1.10 bits per heavy atom. The summed E-state index contributed by atoms with van der Waals surface area (Å²) in [5.74, 6) is 1.18. The van der Waals surface area contributed by atoms with E-state index in [1.807, 2.05) is 17.8 Å². The lowest BCUT2D eigenvalue weighted by Gasteiger charge is -2.10. The van der Waals surface area contributed by atoms with Crippen LogP contribution in [0.25, 0.3) is 0 Å². The van der Waals surface area contributed by atoms with Gasteiger partial charge in [0.1, 0.15) is 4.90 Å². The van der Waals surface area contributed by atoms with Crippen molar-refractivity contribution in [3.63, 3.8) is 0 Å². The number of hydrogen-bond donors (Lipinski definition) is 2. The molecular formula is C14H24N2O2S2. The van der Waals surface area contributed by atoms with Crippen LogP contribution in [-0.2, 0) is 10.0 Å². The molecule has 1 rings (SSSR count). The van der Waals surface area contributed by atoms with E-state index in [-0.39, 0.29) is 0 Å². The van der Waals surface area contributed by atoms with Crippen molar-refractivity contribution < 1.29 is 8.42 Å². The van der Waals surface area contributed by atoms with E-state index < -0.39 is 10.0 Å². The summed E-state index contributed by atoms with van der Waals surface area (Å²) in [7, 11) is -1.69. The van der Waals surface area contributed by atoms with Crippen LogP contribution in [0.4, 0.5) is 5.69 Å². The monoisotopic (exact) mass is 316 g/mol. The zero-order valence-electron chi connectivity index (χ0n) is 12.2. The van der Waals surface area contributed by atoms with Crippen molar-refractivity contribution in [1.82, 2.24) is 4.72 Å². The van der Waals surface area contributed by atoms with E-state index in [1.54, 1.807) is 25.2 Å². The fourth-order valence-corrected chi connectivity index (χ4v) is 3.70. The molecule has 1 aromatic rings. The van der Waals surface area contributed by atoms with Crippen LogP contribution in [0.5, 0.6) is 0 Å². The fourth-order valence-electron chi connectivity index (χ4n) is 1.92. The SMILES string of the molecule is CNc1ccccc1S(=O)(=O)NCCCCCCSC. The zero-order chi connectivity index (χ0) is 14.8. The summed E-state index contributed by atoms with van der Waals surface area (Å²) < 4.78 is 27.1. The van der Waals surface area contributed by atoms with Crippen molar-refractivity contribution in [2.24, 2.45) is 0 Å². The standard InChI is InChI=1S/C14H24N2O2S2/c1-15-13-9-5-6-10-14(13)20(17,18)16-11-7-3-4-8-12-19-2/h5-6,9-10,15-16H,3-4,7-8,11-12H2,1-2H3. The average molecular weight is 316 g/mol. The van der Waals surface area contributed by atoms with Crippen LogP contribution in [0.15, 0.2) is 29.2 Å². The van der Waals surface area contributed by atoms with Crippen LogP contribution in [0.1, 0.15) is 25.7 Å². The van der Waals surface area contributed by atoms with Crippen LogP contribution in [0, 0.1) is 0 Å². The normalized spacial score (nSPS) is 11.5. The molecule has 0 amide bonds. The first-order valence-electron chi connectivity index (χ1n) is 6.87. The van der Waals surface area contributed by atoms with Gasteiger partial charge >= 0.3 is 0 Å². The summed E-state index contributed by atoms with van der Waals surface area (Å²) in [5.41, 5.74) is 0.625. The van der Waals surface area contributed by atoms with Crippen LogP contribution in [-0.4, -0.2) is 34.0 Å². The molecule has 4 nitrogen and oxygen atoms in total. The highest BCUT2D eigenvalue weighted by atomic mass is 32.2. The third-order valence-electron chi connectivity index (χ3n) is 3.01.